The summed E-state index contributed by atoms with van der Waals surface area (Å²) >= 11 is 0. The van der Waals surface area contributed by atoms with Crippen LogP contribution in [-0.4, -0.2) is 22.1 Å². The van der Waals surface area contributed by atoms with Gasteiger partial charge in [-0.3, -0.25) is 4.79 Å². The number of ether oxygens (including phenoxy) is 1. The number of aryl methyl sites for hydroxylation is 1. The molecule has 2 heterocycles. The van der Waals surface area contributed by atoms with E-state index in [1.807, 2.05) is 36.4 Å². The largest absolute Gasteiger partial charge is 0.482 e. The van der Waals surface area contributed by atoms with Crippen molar-refractivity contribution in [3.05, 3.63) is 53.9 Å². The van der Waals surface area contributed by atoms with Crippen LogP contribution < -0.4 is 15.4 Å². The molecular weight excluding hydrogens is 328 g/mol. The zero-order chi connectivity index (χ0) is 18.1. The van der Waals surface area contributed by atoms with E-state index in [2.05, 4.69) is 35.1 Å². The second-order valence-corrected chi connectivity index (χ2v) is 6.46. The fourth-order valence-corrected chi connectivity index (χ4v) is 3.35. The fraction of sp³-hybridized carbons (Fsp3) is 0.300. The smallest absolute Gasteiger partial charge is 0.262 e. The number of para-hydroxylation sites is 2. The minimum absolute atomic E-state index is 0.0768. The summed E-state index contributed by atoms with van der Waals surface area (Å²) in [5, 5.41) is 6.39. The van der Waals surface area contributed by atoms with Gasteiger partial charge in [0.2, 0.25) is 0 Å². The average Bonchev–Trinajstić information content (AvgIpc) is 3.02. The van der Waals surface area contributed by atoms with Gasteiger partial charge in [0.25, 0.3) is 5.91 Å². The Hall–Kier alpha value is -2.86. The first-order valence-corrected chi connectivity index (χ1v) is 8.90. The fourth-order valence-electron chi connectivity index (χ4n) is 3.35. The highest BCUT2D eigenvalue weighted by molar-refractivity contribution is 5.95. The van der Waals surface area contributed by atoms with Crippen molar-refractivity contribution in [2.45, 2.75) is 33.0 Å². The van der Waals surface area contributed by atoms with Gasteiger partial charge in [0.05, 0.1) is 23.3 Å². The Balaban J connectivity index is 1.52. The summed E-state index contributed by atoms with van der Waals surface area (Å²) in [4.78, 5) is 16.3. The molecule has 0 bridgehead atoms. The van der Waals surface area contributed by atoms with Crippen molar-refractivity contribution in [3.63, 3.8) is 0 Å². The van der Waals surface area contributed by atoms with Crippen molar-refractivity contribution in [1.82, 2.24) is 14.9 Å². The molecule has 3 aromatic rings. The predicted octanol–water partition coefficient (Wildman–Crippen LogP) is 3.24. The second kappa shape index (κ2) is 6.80. The number of fused-ring (bicyclic) bond motifs is 2. The van der Waals surface area contributed by atoms with Crippen molar-refractivity contribution in [1.29, 1.82) is 0 Å². The molecule has 1 aromatic heterocycles. The normalized spacial score (nSPS) is 14.6. The second-order valence-electron chi connectivity index (χ2n) is 6.46. The molecule has 134 valence electrons. The highest BCUT2D eigenvalue weighted by Crippen LogP contribution is 2.30. The SMILES string of the molecule is CCn1c(CN[C@H](C)c2ccc3c(c2)NC(=O)CO3)nc2ccccc21. The summed E-state index contributed by atoms with van der Waals surface area (Å²) < 4.78 is 7.65. The van der Waals surface area contributed by atoms with Crippen LogP contribution in [0.3, 0.4) is 0 Å². The molecule has 1 aliphatic rings. The van der Waals surface area contributed by atoms with E-state index in [-0.39, 0.29) is 18.6 Å². The van der Waals surface area contributed by atoms with E-state index in [0.29, 0.717) is 12.3 Å². The van der Waals surface area contributed by atoms with Crippen molar-refractivity contribution in [3.8, 4) is 5.75 Å². The average molecular weight is 350 g/mol. The van der Waals surface area contributed by atoms with Gasteiger partial charge in [-0.25, -0.2) is 4.98 Å². The van der Waals surface area contributed by atoms with Gasteiger partial charge in [-0.2, -0.15) is 0 Å². The van der Waals surface area contributed by atoms with E-state index in [4.69, 9.17) is 9.72 Å². The number of imidazole rings is 1. The van der Waals surface area contributed by atoms with Crippen molar-refractivity contribution >= 4 is 22.6 Å². The van der Waals surface area contributed by atoms with E-state index >= 15 is 0 Å². The first-order valence-electron chi connectivity index (χ1n) is 8.90. The zero-order valence-electron chi connectivity index (χ0n) is 15.0. The molecule has 4 rings (SSSR count). The zero-order valence-corrected chi connectivity index (χ0v) is 15.0. The number of nitrogens with zero attached hydrogens (tertiary/aromatic N) is 2. The number of amides is 1. The van der Waals surface area contributed by atoms with Gasteiger partial charge in [0, 0.05) is 12.6 Å². The summed E-state index contributed by atoms with van der Waals surface area (Å²) in [6.45, 7) is 5.87. The summed E-state index contributed by atoms with van der Waals surface area (Å²) in [6, 6.07) is 14.2. The van der Waals surface area contributed by atoms with E-state index in [1.165, 1.54) is 0 Å². The third-order valence-corrected chi connectivity index (χ3v) is 4.75. The highest BCUT2D eigenvalue weighted by Gasteiger charge is 2.18. The molecule has 0 radical (unpaired) electrons. The number of aromatic nitrogens is 2. The Morgan fingerprint density at radius 3 is 3.00 bits per heavy atom. The highest BCUT2D eigenvalue weighted by atomic mass is 16.5. The number of hydrogen-bond acceptors (Lipinski definition) is 4. The van der Waals surface area contributed by atoms with Crippen LogP contribution in [0.1, 0.15) is 31.3 Å². The van der Waals surface area contributed by atoms with Gasteiger partial charge in [-0.15, -0.1) is 0 Å². The van der Waals surface area contributed by atoms with E-state index in [9.17, 15) is 4.79 Å². The molecule has 0 spiro atoms. The Kier molecular flexibility index (Phi) is 4.34. The summed E-state index contributed by atoms with van der Waals surface area (Å²) in [5.41, 5.74) is 4.00. The molecular formula is C20H22N4O2. The molecule has 1 atom stereocenters. The molecule has 6 nitrogen and oxygen atoms in total. The summed E-state index contributed by atoms with van der Waals surface area (Å²) in [5.74, 6) is 1.62. The molecule has 26 heavy (non-hydrogen) atoms. The lowest BCUT2D eigenvalue weighted by Gasteiger charge is -2.21. The first-order chi connectivity index (χ1) is 12.7. The number of carbonyl (C=O) groups excluding carboxylic acids is 1. The van der Waals surface area contributed by atoms with Gasteiger partial charge in [-0.05, 0) is 43.7 Å². The molecule has 1 aliphatic heterocycles. The van der Waals surface area contributed by atoms with Gasteiger partial charge in [-0.1, -0.05) is 18.2 Å². The van der Waals surface area contributed by atoms with E-state index in [0.717, 1.165) is 34.7 Å². The number of hydrogen-bond donors (Lipinski definition) is 2. The third kappa shape index (κ3) is 3.04. The summed E-state index contributed by atoms with van der Waals surface area (Å²) in [6.07, 6.45) is 0. The topological polar surface area (TPSA) is 68.2 Å². The van der Waals surface area contributed by atoms with Crippen molar-refractivity contribution in [2.24, 2.45) is 0 Å². The van der Waals surface area contributed by atoms with Gasteiger partial charge in [0.15, 0.2) is 6.61 Å². The number of rotatable bonds is 5. The van der Waals surface area contributed by atoms with Crippen LogP contribution in [0.25, 0.3) is 11.0 Å². The Bertz CT molecular complexity index is 964. The first kappa shape index (κ1) is 16.6. The standard InChI is InChI=1S/C20H22N4O2/c1-3-24-17-7-5-4-6-15(17)22-19(24)11-21-13(2)14-8-9-18-16(10-14)23-20(25)12-26-18/h4-10,13,21H,3,11-12H2,1-2H3,(H,23,25)/t13-/m1/s1. The molecule has 0 saturated carbocycles. The Labute approximate surface area is 152 Å². The molecule has 0 aliphatic carbocycles. The molecule has 0 fully saturated rings. The van der Waals surface area contributed by atoms with Crippen LogP contribution in [0, 0.1) is 0 Å². The van der Waals surface area contributed by atoms with Crippen LogP contribution in [0.15, 0.2) is 42.5 Å². The van der Waals surface area contributed by atoms with Crippen LogP contribution in [0.2, 0.25) is 0 Å². The minimum Gasteiger partial charge on any atom is -0.482 e. The maximum Gasteiger partial charge on any atom is 0.262 e. The van der Waals surface area contributed by atoms with Gasteiger partial charge < -0.3 is 19.9 Å². The van der Waals surface area contributed by atoms with E-state index < -0.39 is 0 Å². The molecule has 0 unspecified atom stereocenters. The Morgan fingerprint density at radius 2 is 2.15 bits per heavy atom. The number of anilines is 1. The lowest BCUT2D eigenvalue weighted by molar-refractivity contribution is -0.118. The molecule has 2 aromatic carbocycles. The molecule has 0 saturated heterocycles. The number of carbonyl (C=O) groups is 1. The van der Waals surface area contributed by atoms with Gasteiger partial charge >= 0.3 is 0 Å². The van der Waals surface area contributed by atoms with Crippen LogP contribution >= 0.6 is 0 Å². The van der Waals surface area contributed by atoms with E-state index in [1.54, 1.807) is 0 Å². The van der Waals surface area contributed by atoms with Crippen molar-refractivity contribution in [2.75, 3.05) is 11.9 Å². The quantitative estimate of drug-likeness (QED) is 0.741. The molecule has 1 amide bonds. The molecule has 2 N–H and O–H groups in total. The number of benzene rings is 2. The van der Waals surface area contributed by atoms with Crippen molar-refractivity contribution < 1.29 is 9.53 Å². The predicted molar refractivity (Wildman–Crippen MR) is 101 cm³/mol. The third-order valence-electron chi connectivity index (χ3n) is 4.75. The Morgan fingerprint density at radius 1 is 1.31 bits per heavy atom. The molecule has 6 heteroatoms. The minimum atomic E-state index is -0.119. The maximum absolute atomic E-state index is 11.5. The van der Waals surface area contributed by atoms with Crippen LogP contribution in [0.5, 0.6) is 5.75 Å². The lowest BCUT2D eigenvalue weighted by atomic mass is 10.1. The van der Waals surface area contributed by atoms with Gasteiger partial charge in [0.1, 0.15) is 11.6 Å². The maximum atomic E-state index is 11.5. The monoisotopic (exact) mass is 350 g/mol. The lowest BCUT2D eigenvalue weighted by Crippen LogP contribution is -2.26. The van der Waals surface area contributed by atoms with Crippen LogP contribution in [0.4, 0.5) is 5.69 Å². The number of nitrogens with one attached hydrogen (secondary N) is 2. The summed E-state index contributed by atoms with van der Waals surface area (Å²) in [7, 11) is 0. The van der Waals surface area contributed by atoms with Crippen LogP contribution in [-0.2, 0) is 17.9 Å².